The van der Waals surface area contributed by atoms with Crippen LogP contribution < -0.4 is 13.0 Å². The van der Waals surface area contributed by atoms with Crippen LogP contribution in [0.25, 0.3) is 0 Å². The second kappa shape index (κ2) is 20.4. The van der Waals surface area contributed by atoms with Crippen molar-refractivity contribution in [3.8, 4) is 28.7 Å². The van der Waals surface area contributed by atoms with Gasteiger partial charge < -0.3 is 23.2 Å². The van der Waals surface area contributed by atoms with E-state index in [1.807, 2.05) is 72.2 Å². The fourth-order valence-electron chi connectivity index (χ4n) is 7.87. The van der Waals surface area contributed by atoms with E-state index in [0.717, 1.165) is 55.2 Å². The number of hydrogen-bond donors (Lipinski definition) is 2. The number of alkyl halides is 3. The van der Waals surface area contributed by atoms with Gasteiger partial charge in [-0.3, -0.25) is 0 Å². The summed E-state index contributed by atoms with van der Waals surface area (Å²) in [6, 6.07) is 6.17. The van der Waals surface area contributed by atoms with Gasteiger partial charge in [0.05, 0.1) is 0 Å². The standard InChI is InChI=1S/C23H35F3O5SSi2.C23H34O2/c1-15(2)18-11-10-16(3)12-19(18)22-20(30-33(4,5)6)13-17(14-21(22)31-34(7,8)9)29-32(27,28)23(24,25)26;1-5-6-7-8-9-10-18-14-21(24)23(22(25)15-18)20-13-17(4)11-12-19(20)16(2)3/h12-14,18-19H,1,10-11H2,2-9H3;13-15,19-20,24-25H,2,5-12H2,1,3-4H3/t18-,19+;19-,20+/m11/s1. The SMILES string of the molecule is C=C(C)[C@H]1CCC(C)=C[C@@H]1c1c(O)cc(CCCCCCC)cc1O.C=C(C)[C@H]1CCC(C)=C[C@@H]1c1c(O[Si](C)(C)C)cc(OS(=O)(=O)C(F)(F)F)cc1O[Si](C)(C)C. The van der Waals surface area contributed by atoms with Crippen molar-refractivity contribution in [2.24, 2.45) is 11.8 Å². The van der Waals surface area contributed by atoms with Crippen LogP contribution in [0.4, 0.5) is 13.2 Å². The quantitative estimate of drug-likeness (QED) is 0.0569. The van der Waals surface area contributed by atoms with Gasteiger partial charge in [-0.05, 0) is 135 Å². The number of rotatable bonds is 16. The summed E-state index contributed by atoms with van der Waals surface area (Å²) in [6.07, 6.45) is 15.2. The molecule has 330 valence electrons. The molecule has 0 heterocycles. The highest BCUT2D eigenvalue weighted by Gasteiger charge is 2.49. The maximum Gasteiger partial charge on any atom is 0.534 e. The van der Waals surface area contributed by atoms with Gasteiger partial charge >= 0.3 is 15.6 Å². The third-order valence-corrected chi connectivity index (χ3v) is 13.2. The highest BCUT2D eigenvalue weighted by atomic mass is 32.2. The molecule has 0 amide bonds. The van der Waals surface area contributed by atoms with Crippen LogP contribution in [0, 0.1) is 11.8 Å². The van der Waals surface area contributed by atoms with E-state index >= 15 is 0 Å². The van der Waals surface area contributed by atoms with Gasteiger partial charge in [-0.15, -0.1) is 0 Å². The number of aromatic hydroxyl groups is 2. The van der Waals surface area contributed by atoms with Crippen molar-refractivity contribution in [2.75, 3.05) is 0 Å². The monoisotopic (exact) mass is 878 g/mol. The lowest BCUT2D eigenvalue weighted by Crippen LogP contribution is -2.33. The minimum absolute atomic E-state index is 0.0184. The second-order valence-corrected chi connectivity index (χ2v) is 28.9. The fraction of sp³-hybridized carbons (Fsp3) is 0.565. The largest absolute Gasteiger partial charge is 0.544 e. The molecular formula is C46H69F3O7SSi2. The average Bonchev–Trinajstić information content (AvgIpc) is 3.06. The van der Waals surface area contributed by atoms with Crippen molar-refractivity contribution in [1.82, 2.24) is 0 Å². The molecule has 13 heteroatoms. The number of hydrogen-bond acceptors (Lipinski definition) is 7. The molecule has 0 bridgehead atoms. The van der Waals surface area contributed by atoms with E-state index in [-0.39, 0.29) is 46.7 Å². The van der Waals surface area contributed by atoms with Crippen molar-refractivity contribution < 1.29 is 44.8 Å². The van der Waals surface area contributed by atoms with Crippen molar-refractivity contribution in [1.29, 1.82) is 0 Å². The number of benzene rings is 2. The molecule has 4 atom stereocenters. The fourth-order valence-corrected chi connectivity index (χ4v) is 9.97. The summed E-state index contributed by atoms with van der Waals surface area (Å²) in [6.45, 7) is 30.3. The lowest BCUT2D eigenvalue weighted by molar-refractivity contribution is -0.0500. The zero-order valence-electron chi connectivity index (χ0n) is 37.2. The Kier molecular flexibility index (Phi) is 17.3. The number of phenolic OH excluding ortho intramolecular Hbond substituents is 2. The van der Waals surface area contributed by atoms with Crippen LogP contribution in [0.15, 0.2) is 71.9 Å². The molecule has 0 fully saturated rings. The number of allylic oxidation sites excluding steroid dienone is 6. The summed E-state index contributed by atoms with van der Waals surface area (Å²) in [7, 11) is -10.4. The predicted octanol–water partition coefficient (Wildman–Crippen LogP) is 14.0. The van der Waals surface area contributed by atoms with Gasteiger partial charge in [0.1, 0.15) is 28.7 Å². The van der Waals surface area contributed by atoms with Crippen LogP contribution in [-0.2, 0) is 16.5 Å². The molecule has 0 spiro atoms. The van der Waals surface area contributed by atoms with Gasteiger partial charge in [0, 0.05) is 35.1 Å². The van der Waals surface area contributed by atoms with Crippen molar-refractivity contribution >= 4 is 26.8 Å². The third-order valence-electron chi connectivity index (χ3n) is 10.6. The summed E-state index contributed by atoms with van der Waals surface area (Å²) in [5.74, 6) is 0.710. The lowest BCUT2D eigenvalue weighted by Gasteiger charge is -2.35. The Morgan fingerprint density at radius 1 is 0.746 bits per heavy atom. The normalized spacial score (nSPS) is 20.1. The molecule has 7 nitrogen and oxygen atoms in total. The van der Waals surface area contributed by atoms with Crippen LogP contribution in [-0.4, -0.2) is 40.8 Å². The smallest absolute Gasteiger partial charge is 0.534 e. The van der Waals surface area contributed by atoms with Crippen LogP contribution in [0.3, 0.4) is 0 Å². The minimum Gasteiger partial charge on any atom is -0.544 e. The Morgan fingerprint density at radius 2 is 1.17 bits per heavy atom. The molecule has 2 aliphatic carbocycles. The Bertz CT molecular complexity index is 1910. The molecule has 2 aliphatic rings. The van der Waals surface area contributed by atoms with E-state index in [1.54, 1.807) is 0 Å². The van der Waals surface area contributed by atoms with Crippen LogP contribution in [0.2, 0.25) is 39.3 Å². The molecule has 0 unspecified atom stereocenters. The highest BCUT2D eigenvalue weighted by Crippen LogP contribution is 2.50. The number of unbranched alkanes of at least 4 members (excludes halogenated alkanes) is 4. The maximum absolute atomic E-state index is 13.0. The van der Waals surface area contributed by atoms with E-state index in [4.69, 9.17) is 8.85 Å². The molecule has 2 N–H and O–H groups in total. The van der Waals surface area contributed by atoms with Gasteiger partial charge in [0.15, 0.2) is 0 Å². The highest BCUT2D eigenvalue weighted by molar-refractivity contribution is 7.88. The summed E-state index contributed by atoms with van der Waals surface area (Å²) < 4.78 is 79.7. The van der Waals surface area contributed by atoms with E-state index in [9.17, 15) is 31.8 Å². The Morgan fingerprint density at radius 3 is 1.56 bits per heavy atom. The molecule has 59 heavy (non-hydrogen) atoms. The Hall–Kier alpha value is -3.43. The summed E-state index contributed by atoms with van der Waals surface area (Å²) in [5.41, 5.74) is 1.43. The zero-order chi connectivity index (χ0) is 44.7. The first kappa shape index (κ1) is 49.9. The van der Waals surface area contributed by atoms with Crippen LogP contribution in [0.5, 0.6) is 28.7 Å². The average molecular weight is 879 g/mol. The molecule has 4 rings (SSSR count). The molecule has 2 aromatic rings. The summed E-state index contributed by atoms with van der Waals surface area (Å²) in [4.78, 5) is 0. The van der Waals surface area contributed by atoms with E-state index in [1.165, 1.54) is 49.0 Å². The van der Waals surface area contributed by atoms with Gasteiger partial charge in [-0.25, -0.2) is 0 Å². The lowest BCUT2D eigenvalue weighted by atomic mass is 9.73. The first-order valence-electron chi connectivity index (χ1n) is 20.9. The van der Waals surface area contributed by atoms with Gasteiger partial charge in [0.25, 0.3) is 0 Å². The molecule has 0 radical (unpaired) electrons. The van der Waals surface area contributed by atoms with Gasteiger partial charge in [0.2, 0.25) is 16.6 Å². The van der Waals surface area contributed by atoms with Crippen molar-refractivity contribution in [3.05, 3.63) is 88.6 Å². The molecule has 0 saturated carbocycles. The van der Waals surface area contributed by atoms with Gasteiger partial charge in [-0.2, -0.15) is 21.6 Å². The van der Waals surface area contributed by atoms with Crippen LogP contribution in [0.1, 0.15) is 121 Å². The molecular weight excluding hydrogens is 810 g/mol. The maximum atomic E-state index is 13.0. The first-order valence-corrected chi connectivity index (χ1v) is 29.1. The van der Waals surface area contributed by atoms with E-state index in [2.05, 4.69) is 43.3 Å². The Balaban J connectivity index is 0.000000330. The predicted molar refractivity (Wildman–Crippen MR) is 240 cm³/mol. The molecule has 2 aromatic carbocycles. The number of aryl methyl sites for hydroxylation is 1. The van der Waals surface area contributed by atoms with E-state index < -0.39 is 38.0 Å². The summed E-state index contributed by atoms with van der Waals surface area (Å²) >= 11 is 0. The first-order chi connectivity index (χ1) is 27.1. The van der Waals surface area contributed by atoms with Crippen molar-refractivity contribution in [3.63, 3.8) is 0 Å². The van der Waals surface area contributed by atoms with Gasteiger partial charge in [-0.1, -0.05) is 80.2 Å². The number of halogens is 3. The van der Waals surface area contributed by atoms with Crippen LogP contribution >= 0.6 is 0 Å². The summed E-state index contributed by atoms with van der Waals surface area (Å²) in [5, 5.41) is 21.3. The third kappa shape index (κ3) is 14.6. The Labute approximate surface area is 354 Å². The van der Waals surface area contributed by atoms with Crippen molar-refractivity contribution in [2.45, 2.75) is 155 Å². The molecule has 0 aliphatic heterocycles. The zero-order valence-corrected chi connectivity index (χ0v) is 40.1. The minimum atomic E-state index is -5.86. The number of phenols is 2. The topological polar surface area (TPSA) is 102 Å². The second-order valence-electron chi connectivity index (χ2n) is 18.5. The molecule has 0 saturated heterocycles. The molecule has 0 aromatic heterocycles. The van der Waals surface area contributed by atoms with E-state index in [0.29, 0.717) is 11.1 Å².